The second-order valence-corrected chi connectivity index (χ2v) is 6.49. The zero-order valence-corrected chi connectivity index (χ0v) is 14.1. The molecule has 0 saturated heterocycles. The molecule has 1 fully saturated rings. The maximum absolute atomic E-state index is 6.45. The van der Waals surface area contributed by atoms with Crippen LogP contribution in [-0.2, 0) is 0 Å². The minimum Gasteiger partial charge on any atom is -0.489 e. The molecule has 21 heavy (non-hydrogen) atoms. The van der Waals surface area contributed by atoms with Gasteiger partial charge < -0.3 is 10.1 Å². The van der Waals surface area contributed by atoms with Gasteiger partial charge in [0.1, 0.15) is 11.9 Å². The van der Waals surface area contributed by atoms with E-state index >= 15 is 0 Å². The van der Waals surface area contributed by atoms with Gasteiger partial charge in [-0.1, -0.05) is 38.8 Å². The summed E-state index contributed by atoms with van der Waals surface area (Å²) in [5.41, 5.74) is 2.60. The summed E-state index contributed by atoms with van der Waals surface area (Å²) >= 11 is 0. The molecule has 1 aromatic carbocycles. The van der Waals surface area contributed by atoms with Crippen LogP contribution in [0.5, 0.6) is 5.75 Å². The maximum atomic E-state index is 6.45. The lowest BCUT2D eigenvalue weighted by Gasteiger charge is -2.37. The van der Waals surface area contributed by atoms with E-state index in [9.17, 15) is 0 Å². The minimum absolute atomic E-state index is 0.316. The number of rotatable bonds is 6. The van der Waals surface area contributed by atoms with E-state index in [2.05, 4.69) is 51.2 Å². The Morgan fingerprint density at radius 1 is 1.19 bits per heavy atom. The second-order valence-electron chi connectivity index (χ2n) is 6.49. The van der Waals surface area contributed by atoms with Crippen LogP contribution in [0.4, 0.5) is 0 Å². The van der Waals surface area contributed by atoms with Gasteiger partial charge in [0, 0.05) is 6.04 Å². The van der Waals surface area contributed by atoms with Crippen molar-refractivity contribution in [3.05, 3.63) is 29.3 Å². The third kappa shape index (κ3) is 4.23. The number of likely N-dealkylation sites (N-methyl/N-ethyl adjacent to an activating group) is 1. The summed E-state index contributed by atoms with van der Waals surface area (Å²) in [5, 5.41) is 3.63. The van der Waals surface area contributed by atoms with Crippen molar-refractivity contribution in [1.82, 2.24) is 5.32 Å². The molecule has 1 aromatic rings. The van der Waals surface area contributed by atoms with Crippen molar-refractivity contribution in [3.63, 3.8) is 0 Å². The number of hydrogen-bond acceptors (Lipinski definition) is 2. The summed E-state index contributed by atoms with van der Waals surface area (Å²) in [6.07, 6.45) is 6.72. The number of hydrogen-bond donors (Lipinski definition) is 1. The highest BCUT2D eigenvalue weighted by Gasteiger charge is 2.31. The Bertz CT molecular complexity index is 443. The molecule has 118 valence electrons. The molecular weight excluding hydrogens is 258 g/mol. The van der Waals surface area contributed by atoms with Crippen molar-refractivity contribution in [1.29, 1.82) is 0 Å². The minimum atomic E-state index is 0.316. The number of ether oxygens (including phenoxy) is 1. The number of benzene rings is 1. The van der Waals surface area contributed by atoms with Crippen molar-refractivity contribution in [2.24, 2.45) is 5.92 Å². The van der Waals surface area contributed by atoms with Gasteiger partial charge in [0.05, 0.1) is 0 Å². The topological polar surface area (TPSA) is 21.3 Å². The monoisotopic (exact) mass is 289 g/mol. The predicted octanol–water partition coefficient (Wildman–Crippen LogP) is 4.63. The van der Waals surface area contributed by atoms with E-state index in [-0.39, 0.29) is 0 Å². The van der Waals surface area contributed by atoms with Crippen molar-refractivity contribution < 1.29 is 4.74 Å². The first-order chi connectivity index (χ1) is 10.2. The van der Waals surface area contributed by atoms with Crippen LogP contribution < -0.4 is 10.1 Å². The lowest BCUT2D eigenvalue weighted by Crippen LogP contribution is -2.47. The molecule has 0 amide bonds. The zero-order valence-electron chi connectivity index (χ0n) is 14.1. The number of aryl methyl sites for hydroxylation is 1. The van der Waals surface area contributed by atoms with E-state index in [4.69, 9.17) is 4.74 Å². The van der Waals surface area contributed by atoms with Gasteiger partial charge in [0.25, 0.3) is 0 Å². The third-order valence-electron chi connectivity index (χ3n) is 4.90. The Labute approximate surface area is 130 Å². The van der Waals surface area contributed by atoms with Crippen LogP contribution in [-0.4, -0.2) is 18.7 Å². The fourth-order valence-corrected chi connectivity index (χ4v) is 3.52. The van der Waals surface area contributed by atoms with Gasteiger partial charge in [-0.3, -0.25) is 0 Å². The van der Waals surface area contributed by atoms with Crippen LogP contribution in [0.15, 0.2) is 18.2 Å². The first-order valence-corrected chi connectivity index (χ1v) is 8.61. The first kappa shape index (κ1) is 16.4. The van der Waals surface area contributed by atoms with E-state index in [1.807, 2.05) is 0 Å². The van der Waals surface area contributed by atoms with E-state index in [1.54, 1.807) is 0 Å². The number of nitrogens with one attached hydrogen (secondary N) is 1. The SMILES string of the molecule is CCCC1CCC(NCC)C(Oc2cccc(C)c2C)C1. The van der Waals surface area contributed by atoms with Crippen LogP contribution in [0.3, 0.4) is 0 Å². The molecule has 0 heterocycles. The van der Waals surface area contributed by atoms with Gasteiger partial charge in [-0.15, -0.1) is 0 Å². The highest BCUT2D eigenvalue weighted by atomic mass is 16.5. The van der Waals surface area contributed by atoms with Crippen LogP contribution in [0.25, 0.3) is 0 Å². The third-order valence-corrected chi connectivity index (χ3v) is 4.90. The Morgan fingerprint density at radius 2 is 2.00 bits per heavy atom. The molecule has 0 aromatic heterocycles. The summed E-state index contributed by atoms with van der Waals surface area (Å²) in [4.78, 5) is 0. The molecule has 1 N–H and O–H groups in total. The molecule has 2 heteroatoms. The lowest BCUT2D eigenvalue weighted by molar-refractivity contribution is 0.0833. The summed E-state index contributed by atoms with van der Waals surface area (Å²) in [5.74, 6) is 1.90. The van der Waals surface area contributed by atoms with Gasteiger partial charge in [0.15, 0.2) is 0 Å². The van der Waals surface area contributed by atoms with Crippen molar-refractivity contribution in [2.45, 2.75) is 71.9 Å². The van der Waals surface area contributed by atoms with Crippen LogP contribution in [0.2, 0.25) is 0 Å². The van der Waals surface area contributed by atoms with Gasteiger partial charge in [-0.2, -0.15) is 0 Å². The Balaban J connectivity index is 2.09. The van der Waals surface area contributed by atoms with E-state index in [0.29, 0.717) is 12.1 Å². The normalized spacial score (nSPS) is 25.8. The van der Waals surface area contributed by atoms with Gasteiger partial charge in [-0.05, 0) is 62.8 Å². The molecule has 2 rings (SSSR count). The van der Waals surface area contributed by atoms with Gasteiger partial charge in [0.2, 0.25) is 0 Å². The molecular formula is C19H31NO. The fourth-order valence-electron chi connectivity index (χ4n) is 3.52. The average molecular weight is 289 g/mol. The maximum Gasteiger partial charge on any atom is 0.122 e. The molecule has 0 spiro atoms. The fraction of sp³-hybridized carbons (Fsp3) is 0.684. The summed E-state index contributed by atoms with van der Waals surface area (Å²) in [6.45, 7) is 9.82. The van der Waals surface area contributed by atoms with Crippen molar-refractivity contribution in [3.8, 4) is 5.75 Å². The molecule has 1 saturated carbocycles. The van der Waals surface area contributed by atoms with Crippen molar-refractivity contribution in [2.75, 3.05) is 6.54 Å². The molecule has 3 unspecified atom stereocenters. The predicted molar refractivity (Wildman–Crippen MR) is 90.0 cm³/mol. The van der Waals surface area contributed by atoms with E-state index in [0.717, 1.165) is 18.2 Å². The highest BCUT2D eigenvalue weighted by molar-refractivity contribution is 5.38. The molecule has 3 atom stereocenters. The van der Waals surface area contributed by atoms with Crippen molar-refractivity contribution >= 4 is 0 Å². The molecule has 1 aliphatic carbocycles. The average Bonchev–Trinajstić information content (AvgIpc) is 2.47. The first-order valence-electron chi connectivity index (χ1n) is 8.61. The Kier molecular flexibility index (Phi) is 6.10. The van der Waals surface area contributed by atoms with Gasteiger partial charge in [-0.25, -0.2) is 0 Å². The van der Waals surface area contributed by atoms with Crippen LogP contribution in [0.1, 0.15) is 57.1 Å². The molecule has 2 nitrogen and oxygen atoms in total. The standard InChI is InChI=1S/C19H31NO/c1-5-8-16-11-12-17(20-6-2)19(13-16)21-18-10-7-9-14(3)15(18)4/h7,9-10,16-17,19-20H,5-6,8,11-13H2,1-4H3. The smallest absolute Gasteiger partial charge is 0.122 e. The molecule has 1 aliphatic rings. The quantitative estimate of drug-likeness (QED) is 0.824. The summed E-state index contributed by atoms with van der Waals surface area (Å²) < 4.78 is 6.45. The highest BCUT2D eigenvalue weighted by Crippen LogP contribution is 2.32. The van der Waals surface area contributed by atoms with Crippen LogP contribution >= 0.6 is 0 Å². The Morgan fingerprint density at radius 3 is 2.71 bits per heavy atom. The molecule has 0 radical (unpaired) electrons. The second kappa shape index (κ2) is 7.84. The Hall–Kier alpha value is -1.02. The lowest BCUT2D eigenvalue weighted by atomic mass is 9.81. The van der Waals surface area contributed by atoms with E-state index in [1.165, 1.54) is 43.2 Å². The molecule has 0 bridgehead atoms. The van der Waals surface area contributed by atoms with Gasteiger partial charge >= 0.3 is 0 Å². The summed E-state index contributed by atoms with van der Waals surface area (Å²) in [7, 11) is 0. The summed E-state index contributed by atoms with van der Waals surface area (Å²) in [6, 6.07) is 6.88. The van der Waals surface area contributed by atoms with E-state index < -0.39 is 0 Å². The van der Waals surface area contributed by atoms with Crippen LogP contribution in [0, 0.1) is 19.8 Å². The zero-order chi connectivity index (χ0) is 15.2. The molecule has 0 aliphatic heterocycles. The largest absolute Gasteiger partial charge is 0.489 e.